The number of rotatable bonds is 3. The molecule has 6 heteroatoms. The fourth-order valence-electron chi connectivity index (χ4n) is 2.48. The number of hydrogen-bond donors (Lipinski definition) is 2. The van der Waals surface area contributed by atoms with Gasteiger partial charge in [0.05, 0.1) is 12.7 Å². The number of hydrogen-bond acceptors (Lipinski definition) is 4. The van der Waals surface area contributed by atoms with Crippen molar-refractivity contribution in [2.75, 3.05) is 19.0 Å². The standard InChI is InChI=1S/C15H19FN2O3/c1-9-7-10(5-6-17-9)14(19)18-11-3-4-13(16)12(8-11)15(20)21-2/h3-4,8-10,17H,5-7H2,1-2H3,(H,18,19). The monoisotopic (exact) mass is 294 g/mol. The molecular weight excluding hydrogens is 275 g/mol. The van der Waals surface area contributed by atoms with Gasteiger partial charge in [0.2, 0.25) is 5.91 Å². The lowest BCUT2D eigenvalue weighted by Gasteiger charge is -2.27. The number of carbonyl (C=O) groups excluding carboxylic acids is 2. The topological polar surface area (TPSA) is 67.4 Å². The summed E-state index contributed by atoms with van der Waals surface area (Å²) >= 11 is 0. The predicted octanol–water partition coefficient (Wildman–Crippen LogP) is 1.94. The summed E-state index contributed by atoms with van der Waals surface area (Å²) in [5.41, 5.74) is 0.210. The van der Waals surface area contributed by atoms with Crippen LogP contribution in [0.4, 0.5) is 10.1 Å². The van der Waals surface area contributed by atoms with Gasteiger partial charge in [0, 0.05) is 17.6 Å². The summed E-state index contributed by atoms with van der Waals surface area (Å²) in [6.07, 6.45) is 1.53. The van der Waals surface area contributed by atoms with Crippen LogP contribution < -0.4 is 10.6 Å². The summed E-state index contributed by atoms with van der Waals surface area (Å²) in [5, 5.41) is 6.02. The van der Waals surface area contributed by atoms with E-state index in [0.29, 0.717) is 11.7 Å². The van der Waals surface area contributed by atoms with Gasteiger partial charge in [-0.3, -0.25) is 4.79 Å². The Bertz CT molecular complexity index is 548. The lowest BCUT2D eigenvalue weighted by atomic mass is 9.92. The van der Waals surface area contributed by atoms with E-state index in [1.807, 2.05) is 6.92 Å². The van der Waals surface area contributed by atoms with E-state index in [2.05, 4.69) is 15.4 Å². The molecule has 0 bridgehead atoms. The number of esters is 1. The molecule has 2 atom stereocenters. The summed E-state index contributed by atoms with van der Waals surface area (Å²) in [7, 11) is 1.18. The van der Waals surface area contributed by atoms with E-state index in [9.17, 15) is 14.0 Å². The highest BCUT2D eigenvalue weighted by molar-refractivity contribution is 5.95. The zero-order valence-electron chi connectivity index (χ0n) is 12.1. The average Bonchev–Trinajstić information content (AvgIpc) is 2.48. The van der Waals surface area contributed by atoms with Gasteiger partial charge in [-0.25, -0.2) is 9.18 Å². The van der Waals surface area contributed by atoms with E-state index in [-0.39, 0.29) is 17.4 Å². The highest BCUT2D eigenvalue weighted by Gasteiger charge is 2.25. The van der Waals surface area contributed by atoms with E-state index >= 15 is 0 Å². The Kier molecular flexibility index (Phi) is 4.90. The van der Waals surface area contributed by atoms with Gasteiger partial charge < -0.3 is 15.4 Å². The molecule has 5 nitrogen and oxygen atoms in total. The highest BCUT2D eigenvalue weighted by atomic mass is 19.1. The molecule has 2 rings (SSSR count). The molecule has 114 valence electrons. The molecule has 1 aromatic carbocycles. The van der Waals surface area contributed by atoms with Gasteiger partial charge in [-0.15, -0.1) is 0 Å². The number of benzene rings is 1. The molecule has 2 N–H and O–H groups in total. The van der Waals surface area contributed by atoms with Gasteiger partial charge in [0.25, 0.3) is 0 Å². The molecule has 1 aromatic rings. The Morgan fingerprint density at radius 3 is 2.86 bits per heavy atom. The maximum atomic E-state index is 13.5. The quantitative estimate of drug-likeness (QED) is 0.836. The van der Waals surface area contributed by atoms with Crippen molar-refractivity contribution >= 4 is 17.6 Å². The van der Waals surface area contributed by atoms with Crippen LogP contribution in [0.1, 0.15) is 30.1 Å². The summed E-state index contributed by atoms with van der Waals surface area (Å²) < 4.78 is 18.0. The second-order valence-electron chi connectivity index (χ2n) is 5.25. The van der Waals surface area contributed by atoms with Crippen LogP contribution in [0, 0.1) is 11.7 Å². The van der Waals surface area contributed by atoms with E-state index in [1.165, 1.54) is 19.2 Å². The molecule has 0 aliphatic carbocycles. The van der Waals surface area contributed by atoms with Gasteiger partial charge in [-0.05, 0) is 44.5 Å². The lowest BCUT2D eigenvalue weighted by Crippen LogP contribution is -2.40. The van der Waals surface area contributed by atoms with Crippen molar-refractivity contribution in [2.45, 2.75) is 25.8 Å². The summed E-state index contributed by atoms with van der Waals surface area (Å²) in [6.45, 7) is 2.84. The van der Waals surface area contributed by atoms with Gasteiger partial charge >= 0.3 is 5.97 Å². The van der Waals surface area contributed by atoms with Gasteiger partial charge in [-0.2, -0.15) is 0 Å². The zero-order chi connectivity index (χ0) is 15.4. The van der Waals surface area contributed by atoms with Crippen LogP contribution in [-0.2, 0) is 9.53 Å². The number of methoxy groups -OCH3 is 1. The van der Waals surface area contributed by atoms with Crippen LogP contribution in [0.15, 0.2) is 18.2 Å². The van der Waals surface area contributed by atoms with Crippen molar-refractivity contribution in [2.24, 2.45) is 5.92 Å². The van der Waals surface area contributed by atoms with Crippen molar-refractivity contribution in [3.05, 3.63) is 29.6 Å². The number of carbonyl (C=O) groups is 2. The molecule has 1 amide bonds. The molecule has 21 heavy (non-hydrogen) atoms. The smallest absolute Gasteiger partial charge is 0.340 e. The minimum Gasteiger partial charge on any atom is -0.465 e. The summed E-state index contributed by atoms with van der Waals surface area (Å²) in [5.74, 6) is -1.62. The van der Waals surface area contributed by atoms with Crippen molar-refractivity contribution in [3.63, 3.8) is 0 Å². The predicted molar refractivity (Wildman–Crippen MR) is 76.6 cm³/mol. The van der Waals surface area contributed by atoms with Crippen molar-refractivity contribution in [3.8, 4) is 0 Å². The number of nitrogens with one attached hydrogen (secondary N) is 2. The Balaban J connectivity index is 2.08. The van der Waals surface area contributed by atoms with Gasteiger partial charge in [0.1, 0.15) is 5.82 Å². The highest BCUT2D eigenvalue weighted by Crippen LogP contribution is 2.20. The fraction of sp³-hybridized carbons (Fsp3) is 0.467. The third-order valence-electron chi connectivity index (χ3n) is 3.63. The van der Waals surface area contributed by atoms with Crippen LogP contribution >= 0.6 is 0 Å². The molecule has 0 radical (unpaired) electrons. The van der Waals surface area contributed by atoms with Crippen LogP contribution in [0.3, 0.4) is 0 Å². The first-order chi connectivity index (χ1) is 10.0. The zero-order valence-corrected chi connectivity index (χ0v) is 12.1. The minimum absolute atomic E-state index is 0.0760. The Labute approximate surface area is 122 Å². The normalized spacial score (nSPS) is 21.7. The maximum absolute atomic E-state index is 13.5. The Hall–Kier alpha value is -1.95. The minimum atomic E-state index is -0.765. The number of anilines is 1. The number of amides is 1. The largest absolute Gasteiger partial charge is 0.465 e. The van der Waals surface area contributed by atoms with Crippen molar-refractivity contribution in [1.82, 2.24) is 5.32 Å². The first-order valence-corrected chi connectivity index (χ1v) is 6.93. The fourth-order valence-corrected chi connectivity index (χ4v) is 2.48. The second kappa shape index (κ2) is 6.67. The van der Waals surface area contributed by atoms with E-state index in [4.69, 9.17) is 0 Å². The number of ether oxygens (including phenoxy) is 1. The lowest BCUT2D eigenvalue weighted by molar-refractivity contribution is -0.120. The molecule has 2 unspecified atom stereocenters. The molecule has 1 aliphatic rings. The summed E-state index contributed by atoms with van der Waals surface area (Å²) in [6, 6.07) is 4.18. The number of halogens is 1. The molecular formula is C15H19FN2O3. The van der Waals surface area contributed by atoms with E-state index in [1.54, 1.807) is 0 Å². The first kappa shape index (κ1) is 15.4. The molecule has 1 aliphatic heterocycles. The van der Waals surface area contributed by atoms with Crippen LogP contribution in [0.25, 0.3) is 0 Å². The molecule has 0 saturated carbocycles. The second-order valence-corrected chi connectivity index (χ2v) is 5.25. The molecule has 1 fully saturated rings. The van der Waals surface area contributed by atoms with Gasteiger partial charge in [0.15, 0.2) is 0 Å². The van der Waals surface area contributed by atoms with Crippen molar-refractivity contribution < 1.29 is 18.7 Å². The van der Waals surface area contributed by atoms with Crippen LogP contribution in [0.2, 0.25) is 0 Å². The Morgan fingerprint density at radius 2 is 2.19 bits per heavy atom. The van der Waals surface area contributed by atoms with Crippen LogP contribution in [0.5, 0.6) is 0 Å². The van der Waals surface area contributed by atoms with Crippen LogP contribution in [-0.4, -0.2) is 31.6 Å². The molecule has 0 aromatic heterocycles. The SMILES string of the molecule is COC(=O)c1cc(NC(=O)C2CCNC(C)C2)ccc1F. The van der Waals surface area contributed by atoms with Crippen molar-refractivity contribution in [1.29, 1.82) is 0 Å². The summed E-state index contributed by atoms with van der Waals surface area (Å²) in [4.78, 5) is 23.6. The third kappa shape index (κ3) is 3.78. The average molecular weight is 294 g/mol. The van der Waals surface area contributed by atoms with Gasteiger partial charge in [-0.1, -0.05) is 0 Å². The third-order valence-corrected chi connectivity index (χ3v) is 3.63. The molecule has 1 heterocycles. The first-order valence-electron chi connectivity index (χ1n) is 6.93. The molecule has 1 saturated heterocycles. The maximum Gasteiger partial charge on any atom is 0.340 e. The van der Waals surface area contributed by atoms with E-state index < -0.39 is 11.8 Å². The van der Waals surface area contributed by atoms with E-state index in [0.717, 1.165) is 25.5 Å². The Morgan fingerprint density at radius 1 is 1.43 bits per heavy atom. The molecule has 0 spiro atoms. The number of piperidine rings is 1.